The van der Waals surface area contributed by atoms with E-state index in [9.17, 15) is 22.0 Å². The van der Waals surface area contributed by atoms with E-state index in [2.05, 4.69) is 0 Å². The van der Waals surface area contributed by atoms with Gasteiger partial charge in [-0.3, -0.25) is 10.2 Å². The summed E-state index contributed by atoms with van der Waals surface area (Å²) < 4.78 is 52.8. The normalized spacial score (nSPS) is 11.2. The van der Waals surface area contributed by atoms with Crippen molar-refractivity contribution < 1.29 is 22.0 Å². The molecule has 2 N–H and O–H groups in total. The van der Waals surface area contributed by atoms with Crippen molar-refractivity contribution in [2.45, 2.75) is 4.90 Å². The predicted molar refractivity (Wildman–Crippen MR) is 101 cm³/mol. The minimum absolute atomic E-state index is 0.0789. The maximum Gasteiger partial charge on any atom is 0.269 e. The standard InChI is InChI=1S/C19H13ClF2N2O3S/c20-13-10-14(12-6-2-1-3-7-12)18(22)15(11-13)19(25)23-24-28(26,27)17-9-5-4-8-16(17)21/h1-11,24H,(H,23,25). The van der Waals surface area contributed by atoms with Gasteiger partial charge in [0.15, 0.2) is 0 Å². The lowest BCUT2D eigenvalue weighted by atomic mass is 10.0. The monoisotopic (exact) mass is 422 g/mol. The molecule has 3 aromatic carbocycles. The van der Waals surface area contributed by atoms with Gasteiger partial charge in [-0.05, 0) is 29.8 Å². The van der Waals surface area contributed by atoms with E-state index in [1.165, 1.54) is 18.2 Å². The van der Waals surface area contributed by atoms with Crippen LogP contribution >= 0.6 is 11.6 Å². The Morgan fingerprint density at radius 1 is 0.929 bits per heavy atom. The number of carbonyl (C=O) groups excluding carboxylic acids is 1. The SMILES string of the molecule is O=C(NNS(=O)(=O)c1ccccc1F)c1cc(Cl)cc(-c2ccccc2)c1F. The summed E-state index contributed by atoms with van der Waals surface area (Å²) in [5.74, 6) is -2.96. The van der Waals surface area contributed by atoms with Gasteiger partial charge in [0.1, 0.15) is 16.5 Å². The molecule has 3 rings (SSSR count). The van der Waals surface area contributed by atoms with Gasteiger partial charge in [-0.1, -0.05) is 54.1 Å². The Bertz CT molecular complexity index is 1140. The molecule has 144 valence electrons. The molecule has 0 aliphatic rings. The van der Waals surface area contributed by atoms with Gasteiger partial charge in [-0.25, -0.2) is 17.2 Å². The number of carbonyl (C=O) groups is 1. The van der Waals surface area contributed by atoms with Crippen molar-refractivity contribution in [2.24, 2.45) is 0 Å². The zero-order valence-electron chi connectivity index (χ0n) is 14.1. The summed E-state index contributed by atoms with van der Waals surface area (Å²) in [6, 6.07) is 15.4. The summed E-state index contributed by atoms with van der Waals surface area (Å²) in [6.45, 7) is 0. The molecule has 0 saturated carbocycles. The van der Waals surface area contributed by atoms with Crippen molar-refractivity contribution in [3.63, 3.8) is 0 Å². The molecular weight excluding hydrogens is 410 g/mol. The van der Waals surface area contributed by atoms with Crippen molar-refractivity contribution in [1.29, 1.82) is 0 Å². The van der Waals surface area contributed by atoms with Crippen molar-refractivity contribution in [3.8, 4) is 11.1 Å². The Hall–Kier alpha value is -2.81. The van der Waals surface area contributed by atoms with Gasteiger partial charge < -0.3 is 0 Å². The topological polar surface area (TPSA) is 75.3 Å². The third-order valence-corrected chi connectivity index (χ3v) is 5.29. The molecule has 0 radical (unpaired) electrons. The van der Waals surface area contributed by atoms with Crippen molar-refractivity contribution >= 4 is 27.5 Å². The first-order valence-corrected chi connectivity index (χ1v) is 9.77. The molecule has 0 saturated heterocycles. The molecular formula is C19H13ClF2N2O3S. The molecule has 0 spiro atoms. The van der Waals surface area contributed by atoms with Crippen LogP contribution in [0.3, 0.4) is 0 Å². The van der Waals surface area contributed by atoms with Gasteiger partial charge >= 0.3 is 0 Å². The summed E-state index contributed by atoms with van der Waals surface area (Å²) in [5.41, 5.74) is 1.97. The molecule has 3 aromatic rings. The number of halogens is 3. The molecule has 5 nitrogen and oxygen atoms in total. The van der Waals surface area contributed by atoms with Gasteiger partial charge in [0.25, 0.3) is 15.9 Å². The summed E-state index contributed by atoms with van der Waals surface area (Å²) in [4.78, 5) is 13.4. The molecule has 9 heteroatoms. The van der Waals surface area contributed by atoms with Crippen LogP contribution in [0.5, 0.6) is 0 Å². The van der Waals surface area contributed by atoms with Crippen LogP contribution in [-0.2, 0) is 10.0 Å². The van der Waals surface area contributed by atoms with E-state index < -0.39 is 38.0 Å². The smallest absolute Gasteiger partial charge is 0.269 e. The van der Waals surface area contributed by atoms with E-state index in [-0.39, 0.29) is 10.6 Å². The van der Waals surface area contributed by atoms with Crippen LogP contribution < -0.4 is 10.3 Å². The van der Waals surface area contributed by atoms with Crippen molar-refractivity contribution in [2.75, 3.05) is 0 Å². The van der Waals surface area contributed by atoms with E-state index in [0.717, 1.165) is 18.2 Å². The number of hydrogen-bond acceptors (Lipinski definition) is 3. The van der Waals surface area contributed by atoms with Crippen LogP contribution in [0.15, 0.2) is 71.6 Å². The summed E-state index contributed by atoms with van der Waals surface area (Å²) in [7, 11) is -4.39. The highest BCUT2D eigenvalue weighted by atomic mass is 35.5. The molecule has 0 unspecified atom stereocenters. The molecule has 0 aromatic heterocycles. The fraction of sp³-hybridized carbons (Fsp3) is 0. The number of nitrogens with one attached hydrogen (secondary N) is 2. The Morgan fingerprint density at radius 3 is 2.25 bits per heavy atom. The highest BCUT2D eigenvalue weighted by molar-refractivity contribution is 7.89. The quantitative estimate of drug-likeness (QED) is 0.612. The van der Waals surface area contributed by atoms with E-state index in [1.54, 1.807) is 35.2 Å². The minimum atomic E-state index is -4.39. The third kappa shape index (κ3) is 4.19. The van der Waals surface area contributed by atoms with Crippen LogP contribution in [-0.4, -0.2) is 14.3 Å². The maximum absolute atomic E-state index is 14.8. The van der Waals surface area contributed by atoms with Gasteiger partial charge in [-0.2, -0.15) is 0 Å². The van der Waals surface area contributed by atoms with E-state index >= 15 is 0 Å². The molecule has 1 amide bonds. The predicted octanol–water partition coefficient (Wildman–Crippen LogP) is 3.91. The largest absolute Gasteiger partial charge is 0.273 e. The van der Waals surface area contributed by atoms with Crippen LogP contribution in [0.2, 0.25) is 5.02 Å². The first-order chi connectivity index (χ1) is 13.3. The van der Waals surface area contributed by atoms with E-state index in [1.807, 2.05) is 5.43 Å². The Balaban J connectivity index is 1.88. The number of hydrazine groups is 1. The third-order valence-electron chi connectivity index (χ3n) is 3.79. The highest BCUT2D eigenvalue weighted by Crippen LogP contribution is 2.28. The highest BCUT2D eigenvalue weighted by Gasteiger charge is 2.22. The lowest BCUT2D eigenvalue weighted by Crippen LogP contribution is -2.42. The van der Waals surface area contributed by atoms with Crippen LogP contribution in [0.1, 0.15) is 10.4 Å². The molecule has 0 bridgehead atoms. The van der Waals surface area contributed by atoms with Gasteiger partial charge in [0, 0.05) is 10.6 Å². The second-order valence-corrected chi connectivity index (χ2v) is 7.76. The average Bonchev–Trinajstić information content (AvgIpc) is 2.68. The second kappa shape index (κ2) is 8.05. The Morgan fingerprint density at radius 2 is 1.57 bits per heavy atom. The van der Waals surface area contributed by atoms with Crippen LogP contribution in [0.25, 0.3) is 11.1 Å². The fourth-order valence-electron chi connectivity index (χ4n) is 2.48. The molecule has 0 aliphatic heterocycles. The Labute approximate surface area is 165 Å². The number of benzene rings is 3. The van der Waals surface area contributed by atoms with Crippen molar-refractivity contribution in [3.05, 3.63) is 89.0 Å². The zero-order valence-corrected chi connectivity index (χ0v) is 15.7. The number of amides is 1. The summed E-state index contributed by atoms with van der Waals surface area (Å²) in [6.07, 6.45) is 0. The number of rotatable bonds is 5. The Kier molecular flexibility index (Phi) is 5.73. The molecule has 0 fully saturated rings. The summed E-state index contributed by atoms with van der Waals surface area (Å²) in [5, 5.41) is 0.0855. The molecule has 0 atom stereocenters. The first-order valence-electron chi connectivity index (χ1n) is 7.91. The first kappa shape index (κ1) is 19.9. The number of hydrogen-bond donors (Lipinski definition) is 2. The van der Waals surface area contributed by atoms with Gasteiger partial charge in [-0.15, -0.1) is 4.83 Å². The van der Waals surface area contributed by atoms with Gasteiger partial charge in [0.05, 0.1) is 5.56 Å². The van der Waals surface area contributed by atoms with E-state index in [4.69, 9.17) is 11.6 Å². The maximum atomic E-state index is 14.8. The van der Waals surface area contributed by atoms with Crippen LogP contribution in [0, 0.1) is 11.6 Å². The van der Waals surface area contributed by atoms with Crippen LogP contribution in [0.4, 0.5) is 8.78 Å². The fourth-order valence-corrected chi connectivity index (χ4v) is 3.62. The average molecular weight is 423 g/mol. The number of sulfonamides is 1. The second-order valence-electron chi connectivity index (χ2n) is 5.67. The van der Waals surface area contributed by atoms with Gasteiger partial charge in [0.2, 0.25) is 0 Å². The molecule has 0 aliphatic carbocycles. The summed E-state index contributed by atoms with van der Waals surface area (Å²) >= 11 is 5.99. The van der Waals surface area contributed by atoms with E-state index in [0.29, 0.717) is 5.56 Å². The zero-order chi connectivity index (χ0) is 20.3. The minimum Gasteiger partial charge on any atom is -0.273 e. The lowest BCUT2D eigenvalue weighted by molar-refractivity contribution is 0.0941. The molecule has 0 heterocycles. The van der Waals surface area contributed by atoms with Crippen molar-refractivity contribution in [1.82, 2.24) is 10.3 Å². The lowest BCUT2D eigenvalue weighted by Gasteiger charge is -2.12. The molecule has 28 heavy (non-hydrogen) atoms.